The normalized spacial score (nSPS) is 11.1. The fourth-order valence-electron chi connectivity index (χ4n) is 2.26. The van der Waals surface area contributed by atoms with Gasteiger partial charge in [0, 0.05) is 17.7 Å². The molecule has 0 N–H and O–H groups in total. The van der Waals surface area contributed by atoms with Gasteiger partial charge in [-0.25, -0.2) is 4.79 Å². The molecule has 4 nitrogen and oxygen atoms in total. The smallest absolute Gasteiger partial charge is 0.348 e. The number of nitrogens with zero attached hydrogens (tertiary/aromatic N) is 1. The van der Waals surface area contributed by atoms with Crippen LogP contribution in [0.15, 0.2) is 30.3 Å². The Bertz CT molecular complexity index is 813. The van der Waals surface area contributed by atoms with Crippen molar-refractivity contribution in [3.8, 4) is 0 Å². The van der Waals surface area contributed by atoms with Crippen LogP contribution in [0.3, 0.4) is 0 Å². The predicted molar refractivity (Wildman–Crippen MR) is 75.0 cm³/mol. The Morgan fingerprint density at radius 3 is 2.63 bits per heavy atom. The number of aromatic nitrogens is 1. The summed E-state index contributed by atoms with van der Waals surface area (Å²) in [5, 5.41) is 1.88. The van der Waals surface area contributed by atoms with Crippen molar-refractivity contribution in [2.45, 2.75) is 6.92 Å². The van der Waals surface area contributed by atoms with Crippen molar-refractivity contribution in [1.82, 2.24) is 4.57 Å². The Morgan fingerprint density at radius 1 is 1.21 bits per heavy atom. The van der Waals surface area contributed by atoms with E-state index in [0.29, 0.717) is 4.88 Å². The van der Waals surface area contributed by atoms with Crippen LogP contribution in [0.5, 0.6) is 0 Å². The third-order valence-corrected chi connectivity index (χ3v) is 4.15. The molecule has 0 saturated carbocycles. The van der Waals surface area contributed by atoms with Crippen molar-refractivity contribution in [3.63, 3.8) is 0 Å². The molecule has 96 valence electrons. The first-order valence-electron chi connectivity index (χ1n) is 5.75. The van der Waals surface area contributed by atoms with Gasteiger partial charge in [0.05, 0.1) is 12.6 Å². The highest BCUT2D eigenvalue weighted by Gasteiger charge is 2.19. The Hall–Kier alpha value is -2.14. The molecule has 0 bridgehead atoms. The van der Waals surface area contributed by atoms with Crippen molar-refractivity contribution in [2.24, 2.45) is 0 Å². The molecule has 5 heteroatoms. The molecule has 0 aliphatic heterocycles. The monoisotopic (exact) mass is 273 g/mol. The molecule has 3 rings (SSSR count). The van der Waals surface area contributed by atoms with Crippen molar-refractivity contribution in [1.29, 1.82) is 0 Å². The molecule has 0 aliphatic rings. The number of carbonyl (C=O) groups excluding carboxylic acids is 2. The number of ether oxygens (including phenoxy) is 1. The summed E-state index contributed by atoms with van der Waals surface area (Å²) in [7, 11) is 1.35. The molecule has 0 fully saturated rings. The molecule has 0 radical (unpaired) electrons. The number of hydrogen-bond acceptors (Lipinski definition) is 4. The number of thiophene rings is 1. The summed E-state index contributed by atoms with van der Waals surface area (Å²) in [5.41, 5.74) is 0.868. The summed E-state index contributed by atoms with van der Waals surface area (Å²) >= 11 is 1.28. The minimum Gasteiger partial charge on any atom is -0.465 e. The van der Waals surface area contributed by atoms with Crippen molar-refractivity contribution in [3.05, 3.63) is 35.2 Å². The third kappa shape index (κ3) is 1.66. The lowest BCUT2D eigenvalue weighted by Crippen LogP contribution is -2.03. The second-order valence-corrected chi connectivity index (χ2v) is 5.22. The minimum atomic E-state index is -0.375. The molecule has 0 saturated heterocycles. The molecule has 0 atom stereocenters. The molecule has 0 spiro atoms. The van der Waals surface area contributed by atoms with Gasteiger partial charge in [0.2, 0.25) is 5.91 Å². The van der Waals surface area contributed by atoms with E-state index in [0.717, 1.165) is 21.1 Å². The van der Waals surface area contributed by atoms with Crippen LogP contribution in [0, 0.1) is 0 Å². The number of para-hydroxylation sites is 1. The summed E-state index contributed by atoms with van der Waals surface area (Å²) in [6, 6.07) is 9.45. The Morgan fingerprint density at radius 2 is 1.95 bits per heavy atom. The van der Waals surface area contributed by atoms with E-state index in [-0.39, 0.29) is 11.9 Å². The number of hydrogen-bond donors (Lipinski definition) is 0. The quantitative estimate of drug-likeness (QED) is 0.639. The average Bonchev–Trinajstić information content (AvgIpc) is 2.93. The maximum Gasteiger partial charge on any atom is 0.348 e. The molecule has 2 aromatic heterocycles. The van der Waals surface area contributed by atoms with E-state index in [1.54, 1.807) is 10.6 Å². The zero-order chi connectivity index (χ0) is 13.6. The van der Waals surface area contributed by atoms with E-state index < -0.39 is 0 Å². The summed E-state index contributed by atoms with van der Waals surface area (Å²) in [6.45, 7) is 1.52. The number of esters is 1. The summed E-state index contributed by atoms with van der Waals surface area (Å²) in [6.07, 6.45) is 0. The predicted octanol–water partition coefficient (Wildman–Crippen LogP) is 3.30. The first-order chi connectivity index (χ1) is 9.13. The fraction of sp³-hybridized carbons (Fsp3) is 0.143. The second kappa shape index (κ2) is 4.20. The highest BCUT2D eigenvalue weighted by molar-refractivity contribution is 7.20. The Labute approximate surface area is 113 Å². The van der Waals surface area contributed by atoms with Crippen LogP contribution in [-0.2, 0) is 4.74 Å². The van der Waals surface area contributed by atoms with Crippen LogP contribution in [0.4, 0.5) is 0 Å². The van der Waals surface area contributed by atoms with Crippen molar-refractivity contribution < 1.29 is 14.3 Å². The van der Waals surface area contributed by atoms with E-state index >= 15 is 0 Å². The summed E-state index contributed by atoms with van der Waals surface area (Å²) in [4.78, 5) is 24.7. The highest BCUT2D eigenvalue weighted by Crippen LogP contribution is 2.35. The lowest BCUT2D eigenvalue weighted by molar-refractivity contribution is 0.0606. The van der Waals surface area contributed by atoms with Crippen LogP contribution in [0.2, 0.25) is 0 Å². The van der Waals surface area contributed by atoms with Crippen LogP contribution in [0.1, 0.15) is 21.4 Å². The summed E-state index contributed by atoms with van der Waals surface area (Å²) in [5.74, 6) is -0.440. The number of rotatable bonds is 1. The fourth-order valence-corrected chi connectivity index (χ4v) is 3.41. The number of carbonyl (C=O) groups is 2. The molecule has 19 heavy (non-hydrogen) atoms. The second-order valence-electron chi connectivity index (χ2n) is 4.19. The molecule has 2 heterocycles. The third-order valence-electron chi connectivity index (χ3n) is 3.05. The molecule has 1 aromatic carbocycles. The van der Waals surface area contributed by atoms with Crippen LogP contribution < -0.4 is 0 Å². The van der Waals surface area contributed by atoms with Gasteiger partial charge in [-0.3, -0.25) is 9.36 Å². The molecule has 0 amide bonds. The number of benzene rings is 1. The first-order valence-corrected chi connectivity index (χ1v) is 6.57. The van der Waals surface area contributed by atoms with Gasteiger partial charge >= 0.3 is 5.97 Å². The number of methoxy groups -OCH3 is 1. The highest BCUT2D eigenvalue weighted by atomic mass is 32.1. The van der Waals surface area contributed by atoms with Crippen molar-refractivity contribution >= 4 is 44.3 Å². The molecule has 0 aliphatic carbocycles. The molecular formula is C14H11NO3S. The Balaban J connectivity index is 2.42. The van der Waals surface area contributed by atoms with E-state index in [1.807, 2.05) is 24.3 Å². The van der Waals surface area contributed by atoms with E-state index in [9.17, 15) is 9.59 Å². The van der Waals surface area contributed by atoms with E-state index in [2.05, 4.69) is 0 Å². The molecule has 0 unspecified atom stereocenters. The SMILES string of the molecule is COC(=O)c1cc2c3ccccc3n(C(C)=O)c2s1. The standard InChI is InChI=1S/C14H11NO3S/c1-8(16)15-11-6-4-3-5-9(11)10-7-12(14(17)18-2)19-13(10)15/h3-7H,1-2H3. The van der Waals surface area contributed by atoms with Gasteiger partial charge in [-0.1, -0.05) is 18.2 Å². The number of fused-ring (bicyclic) bond motifs is 3. The minimum absolute atomic E-state index is 0.0653. The van der Waals surface area contributed by atoms with Crippen molar-refractivity contribution in [2.75, 3.05) is 7.11 Å². The molecular weight excluding hydrogens is 262 g/mol. The van der Waals surface area contributed by atoms with E-state index in [4.69, 9.17) is 4.74 Å². The zero-order valence-electron chi connectivity index (χ0n) is 10.5. The van der Waals surface area contributed by atoms with Gasteiger partial charge in [-0.2, -0.15) is 0 Å². The van der Waals surface area contributed by atoms with Gasteiger partial charge in [0.15, 0.2) is 0 Å². The largest absolute Gasteiger partial charge is 0.465 e. The maximum absolute atomic E-state index is 11.8. The van der Waals surface area contributed by atoms with Crippen LogP contribution in [0.25, 0.3) is 21.1 Å². The van der Waals surface area contributed by atoms with Gasteiger partial charge in [0.25, 0.3) is 0 Å². The maximum atomic E-state index is 11.8. The van der Waals surface area contributed by atoms with Gasteiger partial charge in [-0.05, 0) is 12.1 Å². The first kappa shape index (κ1) is 11.9. The zero-order valence-corrected chi connectivity index (χ0v) is 11.3. The van der Waals surface area contributed by atoms with Crippen LogP contribution in [-0.4, -0.2) is 23.6 Å². The lowest BCUT2D eigenvalue weighted by Gasteiger charge is -1.99. The van der Waals surface area contributed by atoms with Gasteiger partial charge < -0.3 is 4.74 Å². The van der Waals surface area contributed by atoms with Crippen LogP contribution >= 0.6 is 11.3 Å². The topological polar surface area (TPSA) is 48.3 Å². The summed E-state index contributed by atoms with van der Waals surface area (Å²) < 4.78 is 6.37. The van der Waals surface area contributed by atoms with Gasteiger partial charge in [0.1, 0.15) is 9.71 Å². The average molecular weight is 273 g/mol. The Kier molecular flexibility index (Phi) is 2.64. The molecule has 3 aromatic rings. The lowest BCUT2D eigenvalue weighted by atomic mass is 10.2. The van der Waals surface area contributed by atoms with Gasteiger partial charge in [-0.15, -0.1) is 11.3 Å². The van der Waals surface area contributed by atoms with E-state index in [1.165, 1.54) is 25.4 Å².